The highest BCUT2D eigenvalue weighted by Gasteiger charge is 2.18. The third kappa shape index (κ3) is 4.86. The van der Waals surface area contributed by atoms with E-state index in [1.165, 1.54) is 23.5 Å². The van der Waals surface area contributed by atoms with E-state index < -0.39 is 15.9 Å². The number of sulfonamides is 1. The van der Waals surface area contributed by atoms with Gasteiger partial charge in [0.25, 0.3) is 5.91 Å². The molecule has 0 aliphatic heterocycles. The molecule has 0 saturated heterocycles. The zero-order valence-corrected chi connectivity index (χ0v) is 18.6. The largest absolute Gasteiger partial charge is 0.493 e. The van der Waals surface area contributed by atoms with Crippen molar-refractivity contribution >= 4 is 32.4 Å². The molecule has 0 unspecified atom stereocenters. The molecule has 30 heavy (non-hydrogen) atoms. The van der Waals surface area contributed by atoms with Crippen LogP contribution < -0.4 is 14.8 Å². The summed E-state index contributed by atoms with van der Waals surface area (Å²) in [5, 5.41) is 5.02. The Balaban J connectivity index is 1.85. The number of aryl methyl sites for hydroxylation is 1. The SMILES string of the molecule is CCNS(=O)(=O)c1ccc(C)c(C(=O)Nc2nc(-c3ccccc3OCC)cs2)c1. The number of nitrogens with one attached hydrogen (secondary N) is 2. The van der Waals surface area contributed by atoms with Gasteiger partial charge < -0.3 is 4.74 Å². The molecular formula is C21H23N3O4S2. The van der Waals surface area contributed by atoms with E-state index in [0.717, 1.165) is 11.3 Å². The molecule has 0 atom stereocenters. The average Bonchev–Trinajstić information content (AvgIpc) is 3.17. The molecule has 1 heterocycles. The monoisotopic (exact) mass is 445 g/mol. The Morgan fingerprint density at radius 3 is 2.67 bits per heavy atom. The Morgan fingerprint density at radius 1 is 1.17 bits per heavy atom. The van der Waals surface area contributed by atoms with Crippen LogP contribution in [0.3, 0.4) is 0 Å². The number of aromatic nitrogens is 1. The summed E-state index contributed by atoms with van der Waals surface area (Å²) >= 11 is 1.29. The highest BCUT2D eigenvalue weighted by Crippen LogP contribution is 2.32. The van der Waals surface area contributed by atoms with E-state index in [1.807, 2.05) is 36.6 Å². The number of benzene rings is 2. The van der Waals surface area contributed by atoms with Gasteiger partial charge in [-0.2, -0.15) is 0 Å². The lowest BCUT2D eigenvalue weighted by Crippen LogP contribution is -2.24. The molecule has 0 aliphatic rings. The molecule has 1 amide bonds. The van der Waals surface area contributed by atoms with E-state index in [-0.39, 0.29) is 17.0 Å². The van der Waals surface area contributed by atoms with E-state index in [2.05, 4.69) is 15.0 Å². The fraction of sp³-hybridized carbons (Fsp3) is 0.238. The van der Waals surface area contributed by atoms with Crippen LogP contribution in [0.5, 0.6) is 5.75 Å². The van der Waals surface area contributed by atoms with Crippen LogP contribution in [-0.4, -0.2) is 32.5 Å². The molecular weight excluding hydrogens is 422 g/mol. The summed E-state index contributed by atoms with van der Waals surface area (Å²) in [5.74, 6) is 0.306. The minimum atomic E-state index is -3.66. The molecule has 2 aromatic carbocycles. The van der Waals surface area contributed by atoms with Gasteiger partial charge in [-0.1, -0.05) is 25.1 Å². The topological polar surface area (TPSA) is 97.4 Å². The van der Waals surface area contributed by atoms with Gasteiger partial charge in [0.15, 0.2) is 5.13 Å². The second-order valence-corrected chi connectivity index (χ2v) is 9.02. The van der Waals surface area contributed by atoms with Crippen molar-refractivity contribution < 1.29 is 17.9 Å². The molecule has 3 rings (SSSR count). The lowest BCUT2D eigenvalue weighted by molar-refractivity contribution is 0.102. The third-order valence-corrected chi connectivity index (χ3v) is 6.59. The normalized spacial score (nSPS) is 11.3. The van der Waals surface area contributed by atoms with Crippen LogP contribution in [0.25, 0.3) is 11.3 Å². The van der Waals surface area contributed by atoms with Gasteiger partial charge in [0, 0.05) is 23.1 Å². The Hall–Kier alpha value is -2.75. The molecule has 2 N–H and O–H groups in total. The van der Waals surface area contributed by atoms with E-state index in [9.17, 15) is 13.2 Å². The highest BCUT2D eigenvalue weighted by atomic mass is 32.2. The zero-order chi connectivity index (χ0) is 21.7. The quantitative estimate of drug-likeness (QED) is 0.545. The molecule has 7 nitrogen and oxygen atoms in total. The molecule has 9 heteroatoms. The van der Waals surface area contributed by atoms with Crippen molar-refractivity contribution in [2.24, 2.45) is 0 Å². The molecule has 0 bridgehead atoms. The fourth-order valence-corrected chi connectivity index (χ4v) is 4.64. The molecule has 158 valence electrons. The predicted molar refractivity (Wildman–Crippen MR) is 119 cm³/mol. The van der Waals surface area contributed by atoms with Crippen LogP contribution in [0.4, 0.5) is 5.13 Å². The molecule has 0 spiro atoms. The Kier molecular flexibility index (Phi) is 6.86. The Labute approximate surface area is 180 Å². The fourth-order valence-electron chi connectivity index (χ4n) is 2.87. The van der Waals surface area contributed by atoms with Crippen molar-refractivity contribution in [3.8, 4) is 17.0 Å². The Morgan fingerprint density at radius 2 is 1.93 bits per heavy atom. The molecule has 0 aliphatic carbocycles. The van der Waals surface area contributed by atoms with Gasteiger partial charge in [-0.25, -0.2) is 18.1 Å². The van der Waals surface area contributed by atoms with Crippen molar-refractivity contribution in [2.45, 2.75) is 25.7 Å². The van der Waals surface area contributed by atoms with Crippen LogP contribution in [0.15, 0.2) is 52.7 Å². The number of carbonyl (C=O) groups excluding carboxylic acids is 1. The third-order valence-electron chi connectivity index (χ3n) is 4.29. The summed E-state index contributed by atoms with van der Waals surface area (Å²) in [7, 11) is -3.66. The summed E-state index contributed by atoms with van der Waals surface area (Å²) in [6.45, 7) is 6.17. The number of amides is 1. The molecule has 3 aromatic rings. The Bertz CT molecular complexity index is 1160. The number of rotatable bonds is 8. The second-order valence-electron chi connectivity index (χ2n) is 6.40. The lowest BCUT2D eigenvalue weighted by atomic mass is 10.1. The van der Waals surface area contributed by atoms with E-state index in [0.29, 0.717) is 23.0 Å². The predicted octanol–water partition coefficient (Wildman–Crippen LogP) is 4.07. The summed E-state index contributed by atoms with van der Waals surface area (Å²) in [5.41, 5.74) is 2.48. The van der Waals surface area contributed by atoms with Gasteiger partial charge in [-0.15, -0.1) is 11.3 Å². The molecule has 0 fully saturated rings. The van der Waals surface area contributed by atoms with Crippen molar-refractivity contribution in [3.63, 3.8) is 0 Å². The number of anilines is 1. The van der Waals surface area contributed by atoms with E-state index >= 15 is 0 Å². The van der Waals surface area contributed by atoms with Crippen LogP contribution in [0.1, 0.15) is 29.8 Å². The number of hydrogen-bond acceptors (Lipinski definition) is 6. The van der Waals surface area contributed by atoms with Gasteiger partial charge in [0.2, 0.25) is 10.0 Å². The minimum Gasteiger partial charge on any atom is -0.493 e. The van der Waals surface area contributed by atoms with Crippen molar-refractivity contribution in [3.05, 3.63) is 59.0 Å². The average molecular weight is 446 g/mol. The van der Waals surface area contributed by atoms with Gasteiger partial charge >= 0.3 is 0 Å². The van der Waals surface area contributed by atoms with Crippen LogP contribution in [0.2, 0.25) is 0 Å². The van der Waals surface area contributed by atoms with Gasteiger partial charge in [0.1, 0.15) is 5.75 Å². The first-order chi connectivity index (χ1) is 14.4. The number of para-hydroxylation sites is 1. The van der Waals surface area contributed by atoms with Crippen molar-refractivity contribution in [1.82, 2.24) is 9.71 Å². The summed E-state index contributed by atoms with van der Waals surface area (Å²) in [4.78, 5) is 17.3. The van der Waals surface area contributed by atoms with Crippen molar-refractivity contribution in [1.29, 1.82) is 0 Å². The lowest BCUT2D eigenvalue weighted by Gasteiger charge is -2.10. The summed E-state index contributed by atoms with van der Waals surface area (Å²) < 4.78 is 32.6. The number of ether oxygens (including phenoxy) is 1. The van der Waals surface area contributed by atoms with Crippen LogP contribution in [0, 0.1) is 6.92 Å². The number of thiazole rings is 1. The van der Waals surface area contributed by atoms with Gasteiger partial charge in [-0.05, 0) is 43.7 Å². The maximum absolute atomic E-state index is 12.8. The molecule has 0 radical (unpaired) electrons. The number of nitrogens with zero attached hydrogens (tertiary/aromatic N) is 1. The number of hydrogen-bond donors (Lipinski definition) is 2. The first-order valence-corrected chi connectivity index (χ1v) is 11.8. The van der Waals surface area contributed by atoms with Crippen LogP contribution in [-0.2, 0) is 10.0 Å². The standard InChI is InChI=1S/C21H23N3O4S2/c1-4-22-30(26,27)15-11-10-14(3)17(12-15)20(25)24-21-23-18(13-29-21)16-8-6-7-9-19(16)28-5-2/h6-13,22H,4-5H2,1-3H3,(H,23,24,25). The molecule has 1 aromatic heterocycles. The highest BCUT2D eigenvalue weighted by molar-refractivity contribution is 7.89. The maximum atomic E-state index is 12.8. The first kappa shape index (κ1) is 21.9. The van der Waals surface area contributed by atoms with E-state index in [1.54, 1.807) is 19.9 Å². The minimum absolute atomic E-state index is 0.0468. The van der Waals surface area contributed by atoms with Gasteiger partial charge in [0.05, 0.1) is 17.2 Å². The summed E-state index contributed by atoms with van der Waals surface area (Å²) in [6.07, 6.45) is 0. The zero-order valence-electron chi connectivity index (χ0n) is 16.9. The van der Waals surface area contributed by atoms with E-state index in [4.69, 9.17) is 4.74 Å². The number of carbonyl (C=O) groups is 1. The maximum Gasteiger partial charge on any atom is 0.257 e. The smallest absolute Gasteiger partial charge is 0.257 e. The van der Waals surface area contributed by atoms with Crippen LogP contribution >= 0.6 is 11.3 Å². The van der Waals surface area contributed by atoms with Crippen molar-refractivity contribution in [2.75, 3.05) is 18.5 Å². The van der Waals surface area contributed by atoms with Gasteiger partial charge in [-0.3, -0.25) is 10.1 Å². The second kappa shape index (κ2) is 9.38. The first-order valence-electron chi connectivity index (χ1n) is 9.45. The summed E-state index contributed by atoms with van der Waals surface area (Å²) in [6, 6.07) is 12.0. The molecule has 0 saturated carbocycles.